The number of hydrogen-bond donors (Lipinski definition) is 4. The van der Waals surface area contributed by atoms with E-state index in [-0.39, 0.29) is 57.2 Å². The van der Waals surface area contributed by atoms with Gasteiger partial charge in [0.1, 0.15) is 28.0 Å². The predicted molar refractivity (Wildman–Crippen MR) is 228 cm³/mol. The standard InChI is InChI=1S/C31H32F2N8O3S.C5H10O.C4H10.C2H6/c1-14-6-7-41(11-14)29-38-25-22(27(39-29)37-9-15(2)35)18-13-43-12-17(18)20(23(25)33)24-21-16(8-34)28(40-30(42)44-31(3,4)5)45-26(21)19(32)10-36-24;1-3-4-5(2)6;1-3-4-2;1-2/h10,14,35H,6-7,9,11-13H2,1-5H3,(H,40,42)(H,37,38,39);4,6H,3H2,1-2H3;3-4H2,1-2H3;1-2H3/b;5-4+;;. The molecule has 1 saturated heterocycles. The molecule has 6 rings (SSSR count). The topological polar surface area (TPSA) is 169 Å². The highest BCUT2D eigenvalue weighted by Crippen LogP contribution is 2.47. The summed E-state index contributed by atoms with van der Waals surface area (Å²) in [5, 5.41) is 32.9. The highest BCUT2D eigenvalue weighted by Gasteiger charge is 2.33. The molecule has 4 N–H and O–H groups in total. The first-order valence-electron chi connectivity index (χ1n) is 19.6. The largest absolute Gasteiger partial charge is 0.513 e. The van der Waals surface area contributed by atoms with E-state index in [1.54, 1.807) is 40.7 Å². The number of aromatic nitrogens is 3. The molecule has 1 amide bonds. The molecule has 5 heterocycles. The summed E-state index contributed by atoms with van der Waals surface area (Å²) >= 11 is 0.847. The van der Waals surface area contributed by atoms with E-state index >= 15 is 8.78 Å². The van der Waals surface area contributed by atoms with Gasteiger partial charge in [0.2, 0.25) is 5.95 Å². The number of hydrogen-bond acceptors (Lipinski definition) is 12. The van der Waals surface area contributed by atoms with E-state index in [0.717, 1.165) is 30.4 Å². The normalized spacial score (nSPS) is 14.7. The Labute approximate surface area is 339 Å². The van der Waals surface area contributed by atoms with Crippen LogP contribution in [0.5, 0.6) is 0 Å². The van der Waals surface area contributed by atoms with Crippen LogP contribution >= 0.6 is 11.3 Å². The third kappa shape index (κ3) is 11.6. The van der Waals surface area contributed by atoms with Crippen molar-refractivity contribution < 1.29 is 28.2 Å². The van der Waals surface area contributed by atoms with Gasteiger partial charge in [-0.25, -0.2) is 18.6 Å². The third-order valence-corrected chi connectivity index (χ3v) is 9.76. The summed E-state index contributed by atoms with van der Waals surface area (Å²) in [6.45, 7) is 22.7. The number of aliphatic hydroxyl groups excluding tert-OH is 1. The minimum atomic E-state index is -0.813. The number of unbranched alkanes of at least 4 members (excludes halogenated alkanes) is 1. The Morgan fingerprint density at radius 3 is 2.35 bits per heavy atom. The van der Waals surface area contributed by atoms with Crippen LogP contribution in [0.1, 0.15) is 119 Å². The Morgan fingerprint density at radius 1 is 1.16 bits per heavy atom. The van der Waals surface area contributed by atoms with Gasteiger partial charge in [-0.05, 0) is 70.6 Å². The molecule has 1 fully saturated rings. The van der Waals surface area contributed by atoms with Gasteiger partial charge in [-0.15, -0.1) is 11.3 Å². The zero-order chi connectivity index (χ0) is 42.6. The first-order chi connectivity index (χ1) is 27.0. The van der Waals surface area contributed by atoms with Crippen molar-refractivity contribution in [3.63, 3.8) is 0 Å². The molecular weight excluding hydrogens is 751 g/mol. The van der Waals surface area contributed by atoms with E-state index in [4.69, 9.17) is 30.0 Å². The van der Waals surface area contributed by atoms with Gasteiger partial charge in [-0.2, -0.15) is 10.2 Å². The maximum absolute atomic E-state index is 17.1. The van der Waals surface area contributed by atoms with Crippen LogP contribution in [0, 0.1) is 34.3 Å². The first kappa shape index (κ1) is 46.4. The van der Waals surface area contributed by atoms with Crippen LogP contribution in [-0.2, 0) is 22.7 Å². The van der Waals surface area contributed by atoms with Crippen LogP contribution in [0.3, 0.4) is 0 Å². The van der Waals surface area contributed by atoms with Gasteiger partial charge in [0.15, 0.2) is 11.6 Å². The van der Waals surface area contributed by atoms with E-state index in [9.17, 15) is 10.1 Å². The summed E-state index contributed by atoms with van der Waals surface area (Å²) in [6.07, 6.45) is 6.44. The minimum Gasteiger partial charge on any atom is -0.513 e. The first-order valence-corrected chi connectivity index (χ1v) is 20.4. The molecule has 3 aromatic heterocycles. The zero-order valence-electron chi connectivity index (χ0n) is 35.2. The van der Waals surface area contributed by atoms with E-state index in [1.807, 2.05) is 25.7 Å². The number of halogens is 2. The van der Waals surface area contributed by atoms with Crippen molar-refractivity contribution >= 4 is 60.9 Å². The summed E-state index contributed by atoms with van der Waals surface area (Å²) in [5.74, 6) is 0.150. The number of carbonyl (C=O) groups is 1. The lowest BCUT2D eigenvalue weighted by atomic mass is 9.93. The number of nitrogens with one attached hydrogen (secondary N) is 3. The van der Waals surface area contributed by atoms with Gasteiger partial charge in [-0.1, -0.05) is 54.4 Å². The van der Waals surface area contributed by atoms with Crippen LogP contribution in [0.25, 0.3) is 32.2 Å². The molecule has 57 heavy (non-hydrogen) atoms. The lowest BCUT2D eigenvalue weighted by Gasteiger charge is -2.21. The number of anilines is 3. The number of nitrogens with zero attached hydrogens (tertiary/aromatic N) is 5. The molecule has 2 aliphatic heterocycles. The second kappa shape index (κ2) is 21.0. The number of pyridine rings is 1. The Bertz CT molecular complexity index is 2120. The highest BCUT2D eigenvalue weighted by atomic mass is 32.1. The van der Waals surface area contributed by atoms with Gasteiger partial charge in [0, 0.05) is 29.8 Å². The quantitative estimate of drug-likeness (QED) is 0.0992. The number of carbonyl (C=O) groups excluding carboxylic acids is 1. The molecule has 4 aromatic rings. The average molecular weight is 809 g/mol. The predicted octanol–water partition coefficient (Wildman–Crippen LogP) is 11.4. The number of aliphatic hydroxyl groups is 1. The van der Waals surface area contributed by atoms with E-state index in [0.29, 0.717) is 58.8 Å². The highest BCUT2D eigenvalue weighted by molar-refractivity contribution is 7.23. The fourth-order valence-electron chi connectivity index (χ4n) is 6.01. The lowest BCUT2D eigenvalue weighted by molar-refractivity contribution is 0.0636. The van der Waals surface area contributed by atoms with Gasteiger partial charge < -0.3 is 30.2 Å². The second-order valence-corrected chi connectivity index (χ2v) is 15.7. The molecule has 0 radical (unpaired) electrons. The maximum atomic E-state index is 17.1. The molecule has 1 aromatic carbocycles. The third-order valence-electron chi connectivity index (χ3n) is 8.64. The van der Waals surface area contributed by atoms with E-state index in [1.165, 1.54) is 12.8 Å². The summed E-state index contributed by atoms with van der Waals surface area (Å²) in [6, 6.07) is 2.05. The second-order valence-electron chi connectivity index (χ2n) is 14.7. The Kier molecular flexibility index (Phi) is 17.1. The number of allylic oxidation sites excluding steroid dienone is 2. The molecule has 2 aliphatic rings. The fourth-order valence-corrected chi connectivity index (χ4v) is 7.05. The molecule has 0 spiro atoms. The van der Waals surface area contributed by atoms with Gasteiger partial charge in [0.25, 0.3) is 0 Å². The van der Waals surface area contributed by atoms with Crippen molar-refractivity contribution in [3.8, 4) is 17.3 Å². The van der Waals surface area contributed by atoms with E-state index in [2.05, 4.69) is 42.5 Å². The number of rotatable bonds is 8. The molecule has 0 saturated carbocycles. The Morgan fingerprint density at radius 2 is 1.82 bits per heavy atom. The molecule has 1 unspecified atom stereocenters. The summed E-state index contributed by atoms with van der Waals surface area (Å²) < 4.78 is 43.5. The van der Waals surface area contributed by atoms with Crippen LogP contribution in [0.15, 0.2) is 18.0 Å². The number of amides is 1. The number of benzene rings is 1. The van der Waals surface area contributed by atoms with Crippen molar-refractivity contribution in [2.24, 2.45) is 5.92 Å². The maximum Gasteiger partial charge on any atom is 0.412 e. The zero-order valence-corrected chi connectivity index (χ0v) is 36.0. The van der Waals surface area contributed by atoms with Crippen LogP contribution in [-0.4, -0.2) is 57.1 Å². The molecule has 310 valence electrons. The Balaban J connectivity index is 0.000000640. The fraction of sp³-hybridized carbons (Fsp3) is 0.524. The summed E-state index contributed by atoms with van der Waals surface area (Å²) in [7, 11) is 0. The van der Waals surface area contributed by atoms with Crippen molar-refractivity contribution in [2.45, 2.75) is 121 Å². The van der Waals surface area contributed by atoms with Crippen LogP contribution in [0.2, 0.25) is 0 Å². The summed E-state index contributed by atoms with van der Waals surface area (Å²) in [4.78, 5) is 28.4. The van der Waals surface area contributed by atoms with Gasteiger partial charge in [-0.3, -0.25) is 10.3 Å². The minimum absolute atomic E-state index is 0.0315. The molecule has 0 aliphatic carbocycles. The van der Waals surface area contributed by atoms with Crippen molar-refractivity contribution in [3.05, 3.63) is 46.4 Å². The number of fused-ring (bicyclic) bond motifs is 4. The van der Waals surface area contributed by atoms with Gasteiger partial charge in [0.05, 0.1) is 53.1 Å². The Hall–Kier alpha value is -4.94. The lowest BCUT2D eigenvalue weighted by Crippen LogP contribution is -2.27. The SMILES string of the molecule is CC.CC(=N)CNc1nc(N2CCC(C)C2)nc2c(F)c(-c3ncc(F)c4sc(NC(=O)OC(C)(C)C)c(C#N)c34)c3c(c12)COC3.CC/C=C(\C)O.CCCC. The van der Waals surface area contributed by atoms with Crippen LogP contribution in [0.4, 0.5) is 30.3 Å². The monoisotopic (exact) mass is 808 g/mol. The van der Waals surface area contributed by atoms with Crippen molar-refractivity contribution in [1.82, 2.24) is 15.0 Å². The molecule has 0 bridgehead atoms. The smallest absolute Gasteiger partial charge is 0.412 e. The van der Waals surface area contributed by atoms with Gasteiger partial charge >= 0.3 is 6.09 Å². The van der Waals surface area contributed by atoms with Crippen LogP contribution < -0.4 is 15.5 Å². The number of nitriles is 1. The molecule has 15 heteroatoms. The van der Waals surface area contributed by atoms with Crippen molar-refractivity contribution in [2.75, 3.05) is 35.2 Å². The van der Waals surface area contributed by atoms with Crippen molar-refractivity contribution in [1.29, 1.82) is 10.7 Å². The molecule has 12 nitrogen and oxygen atoms in total. The number of ether oxygens (including phenoxy) is 2. The average Bonchev–Trinajstić information content (AvgIpc) is 3.91. The molecular formula is C42H58F2N8O4S. The summed E-state index contributed by atoms with van der Waals surface area (Å²) in [5.41, 5.74) is 0.754. The number of thiophene rings is 1. The van der Waals surface area contributed by atoms with E-state index < -0.39 is 23.3 Å². The molecule has 1 atom stereocenters.